The van der Waals surface area contributed by atoms with E-state index >= 15 is 0 Å². The van der Waals surface area contributed by atoms with Crippen LogP contribution in [0, 0.1) is 18.8 Å². The smallest absolute Gasteiger partial charge is 0.257 e. The maximum Gasteiger partial charge on any atom is 0.257 e. The fourth-order valence-electron chi connectivity index (χ4n) is 5.19. The summed E-state index contributed by atoms with van der Waals surface area (Å²) in [4.78, 5) is 36.3. The zero-order chi connectivity index (χ0) is 25.2. The molecule has 0 aliphatic carbocycles. The van der Waals surface area contributed by atoms with E-state index in [0.717, 1.165) is 71.8 Å². The fourth-order valence-corrected chi connectivity index (χ4v) is 5.94. The summed E-state index contributed by atoms with van der Waals surface area (Å²) in [5, 5.41) is 4.01. The predicted molar refractivity (Wildman–Crippen MR) is 143 cm³/mol. The topological polar surface area (TPSA) is 87.7 Å². The van der Waals surface area contributed by atoms with Crippen LogP contribution in [0.15, 0.2) is 30.5 Å². The highest BCUT2D eigenvalue weighted by Gasteiger charge is 2.31. The van der Waals surface area contributed by atoms with Gasteiger partial charge in [0.05, 0.1) is 29.4 Å². The van der Waals surface area contributed by atoms with Crippen molar-refractivity contribution in [2.45, 2.75) is 39.5 Å². The van der Waals surface area contributed by atoms with Crippen molar-refractivity contribution >= 4 is 44.9 Å². The number of ether oxygens (including phenoxy) is 1. The Bertz CT molecular complexity index is 1240. The number of amides is 2. The van der Waals surface area contributed by atoms with Gasteiger partial charge < -0.3 is 19.9 Å². The van der Waals surface area contributed by atoms with Gasteiger partial charge in [0.1, 0.15) is 10.6 Å². The number of nitrogens with one attached hydrogen (secondary N) is 1. The molecule has 3 aromatic rings. The summed E-state index contributed by atoms with van der Waals surface area (Å²) in [5.41, 5.74) is 3.26. The number of methoxy groups -OCH3 is 1. The number of benzene rings is 1. The molecule has 0 saturated carbocycles. The van der Waals surface area contributed by atoms with Crippen molar-refractivity contribution in [3.8, 4) is 5.75 Å². The van der Waals surface area contributed by atoms with Gasteiger partial charge in [-0.15, -0.1) is 0 Å². The van der Waals surface area contributed by atoms with E-state index in [2.05, 4.69) is 26.5 Å². The largest absolute Gasteiger partial charge is 0.497 e. The van der Waals surface area contributed by atoms with Crippen molar-refractivity contribution in [1.29, 1.82) is 0 Å². The lowest BCUT2D eigenvalue weighted by molar-refractivity contribution is -0.120. The van der Waals surface area contributed by atoms with E-state index in [1.54, 1.807) is 13.3 Å². The SMILES string of the molecule is COc1ccc(NC(=O)C2CCN(c3c(C(=O)N4CCC(C)CC4)cnc4snc(C)c34)CC2)cc1. The van der Waals surface area contributed by atoms with Gasteiger partial charge in [0.2, 0.25) is 5.91 Å². The third-order valence-electron chi connectivity index (χ3n) is 7.49. The Kier molecular flexibility index (Phi) is 7.09. The molecule has 190 valence electrons. The van der Waals surface area contributed by atoms with E-state index in [1.165, 1.54) is 11.5 Å². The van der Waals surface area contributed by atoms with Gasteiger partial charge >= 0.3 is 0 Å². The lowest BCUT2D eigenvalue weighted by Crippen LogP contribution is -2.41. The molecule has 1 N–H and O–H groups in total. The Balaban J connectivity index is 1.34. The Hall–Kier alpha value is -3.20. The zero-order valence-corrected chi connectivity index (χ0v) is 21.9. The second-order valence-corrected chi connectivity index (χ2v) is 10.7. The minimum absolute atomic E-state index is 0.0341. The number of aromatic nitrogens is 2. The van der Waals surface area contributed by atoms with Crippen LogP contribution >= 0.6 is 11.5 Å². The molecule has 0 atom stereocenters. The van der Waals surface area contributed by atoms with Crippen LogP contribution in [-0.2, 0) is 4.79 Å². The van der Waals surface area contributed by atoms with Crippen LogP contribution in [-0.4, -0.2) is 59.4 Å². The average molecular weight is 508 g/mol. The standard InChI is InChI=1S/C27H33N5O3S/c1-17-8-12-32(13-9-17)27(34)22-16-28-26-23(18(2)30-36-26)24(22)31-14-10-19(11-15-31)25(33)29-20-4-6-21(35-3)7-5-20/h4-7,16-17,19H,8-15H2,1-3H3,(H,29,33). The van der Waals surface area contributed by atoms with Gasteiger partial charge in [-0.25, -0.2) is 4.98 Å². The summed E-state index contributed by atoms with van der Waals surface area (Å²) < 4.78 is 9.72. The van der Waals surface area contributed by atoms with Crippen LogP contribution in [0.4, 0.5) is 11.4 Å². The predicted octanol–water partition coefficient (Wildman–Crippen LogP) is 4.74. The highest BCUT2D eigenvalue weighted by molar-refractivity contribution is 7.13. The van der Waals surface area contributed by atoms with Crippen LogP contribution in [0.1, 0.15) is 48.7 Å². The summed E-state index contributed by atoms with van der Waals surface area (Å²) >= 11 is 1.37. The first-order valence-electron chi connectivity index (χ1n) is 12.7. The Labute approximate surface area is 215 Å². The van der Waals surface area contributed by atoms with E-state index < -0.39 is 0 Å². The number of hydrogen-bond donors (Lipinski definition) is 1. The number of aryl methyl sites for hydroxylation is 1. The fraction of sp³-hybridized carbons (Fsp3) is 0.481. The summed E-state index contributed by atoms with van der Waals surface area (Å²) in [7, 11) is 1.62. The molecule has 2 amide bonds. The molecule has 2 aliphatic heterocycles. The number of rotatable bonds is 5. The van der Waals surface area contributed by atoms with Crippen LogP contribution < -0.4 is 15.0 Å². The zero-order valence-electron chi connectivity index (χ0n) is 21.1. The molecular formula is C27H33N5O3S. The van der Waals surface area contributed by atoms with Gasteiger partial charge in [-0.3, -0.25) is 9.59 Å². The summed E-state index contributed by atoms with van der Waals surface area (Å²) in [6.45, 7) is 7.20. The van der Waals surface area contributed by atoms with Crippen molar-refractivity contribution in [3.05, 3.63) is 41.7 Å². The van der Waals surface area contributed by atoms with Crippen molar-refractivity contribution in [1.82, 2.24) is 14.3 Å². The van der Waals surface area contributed by atoms with Gasteiger partial charge in [-0.05, 0) is 74.3 Å². The van der Waals surface area contributed by atoms with E-state index in [4.69, 9.17) is 4.74 Å². The summed E-state index contributed by atoms with van der Waals surface area (Å²) in [6, 6.07) is 7.38. The minimum atomic E-state index is -0.0786. The molecule has 2 saturated heterocycles. The summed E-state index contributed by atoms with van der Waals surface area (Å²) in [5.74, 6) is 1.42. The van der Waals surface area contributed by atoms with Crippen LogP contribution in [0.25, 0.3) is 10.2 Å². The van der Waals surface area contributed by atoms with Gasteiger partial charge in [0.25, 0.3) is 5.91 Å². The molecular weight excluding hydrogens is 474 g/mol. The van der Waals surface area contributed by atoms with Gasteiger partial charge in [0.15, 0.2) is 0 Å². The molecule has 36 heavy (non-hydrogen) atoms. The number of fused-ring (bicyclic) bond motifs is 1. The number of nitrogens with zero attached hydrogens (tertiary/aromatic N) is 4. The Morgan fingerprint density at radius 3 is 2.42 bits per heavy atom. The van der Waals surface area contributed by atoms with E-state index in [1.807, 2.05) is 36.1 Å². The molecule has 8 nitrogen and oxygen atoms in total. The molecule has 0 spiro atoms. The van der Waals surface area contributed by atoms with E-state index in [0.29, 0.717) is 24.6 Å². The number of pyridine rings is 1. The Morgan fingerprint density at radius 1 is 1.06 bits per heavy atom. The highest BCUT2D eigenvalue weighted by Crippen LogP contribution is 2.37. The summed E-state index contributed by atoms with van der Waals surface area (Å²) in [6.07, 6.45) is 5.24. The van der Waals surface area contributed by atoms with E-state index in [-0.39, 0.29) is 17.7 Å². The van der Waals surface area contributed by atoms with Gasteiger partial charge in [-0.1, -0.05) is 6.92 Å². The quantitative estimate of drug-likeness (QED) is 0.537. The van der Waals surface area contributed by atoms with Crippen molar-refractivity contribution in [3.63, 3.8) is 0 Å². The lowest BCUT2D eigenvalue weighted by atomic mass is 9.94. The molecule has 0 bridgehead atoms. The van der Waals surface area contributed by atoms with Crippen LogP contribution in [0.5, 0.6) is 5.75 Å². The van der Waals surface area contributed by atoms with Gasteiger partial charge in [-0.2, -0.15) is 4.37 Å². The number of likely N-dealkylation sites (tertiary alicyclic amines) is 1. The highest BCUT2D eigenvalue weighted by atomic mass is 32.1. The maximum absolute atomic E-state index is 13.6. The Morgan fingerprint density at radius 2 is 1.75 bits per heavy atom. The van der Waals surface area contributed by atoms with Crippen LogP contribution in [0.2, 0.25) is 0 Å². The molecule has 1 aromatic carbocycles. The number of carbonyl (C=O) groups excluding carboxylic acids is 2. The lowest BCUT2D eigenvalue weighted by Gasteiger charge is -2.36. The first-order chi connectivity index (χ1) is 17.4. The first-order valence-corrected chi connectivity index (χ1v) is 13.5. The normalized spacial score (nSPS) is 17.4. The molecule has 2 aromatic heterocycles. The van der Waals surface area contributed by atoms with Crippen LogP contribution in [0.3, 0.4) is 0 Å². The second-order valence-electron chi connectivity index (χ2n) is 9.92. The monoisotopic (exact) mass is 507 g/mol. The third kappa shape index (κ3) is 4.89. The number of anilines is 2. The van der Waals surface area contributed by atoms with E-state index in [9.17, 15) is 9.59 Å². The molecule has 5 rings (SSSR count). The van der Waals surface area contributed by atoms with Gasteiger partial charge in [0, 0.05) is 44.0 Å². The molecule has 2 aliphatic rings. The second kappa shape index (κ2) is 10.4. The molecule has 4 heterocycles. The van der Waals surface area contributed by atoms with Crippen molar-refractivity contribution in [2.75, 3.05) is 43.5 Å². The molecule has 0 radical (unpaired) electrons. The number of hydrogen-bond acceptors (Lipinski definition) is 7. The molecule has 0 unspecified atom stereocenters. The minimum Gasteiger partial charge on any atom is -0.497 e. The molecule has 2 fully saturated rings. The average Bonchev–Trinajstić information content (AvgIpc) is 3.29. The number of piperidine rings is 2. The number of carbonyl (C=O) groups is 2. The maximum atomic E-state index is 13.6. The third-order valence-corrected chi connectivity index (χ3v) is 8.34. The molecule has 9 heteroatoms. The first kappa shape index (κ1) is 24.5. The van der Waals surface area contributed by atoms with Crippen molar-refractivity contribution < 1.29 is 14.3 Å². The van der Waals surface area contributed by atoms with Crippen molar-refractivity contribution in [2.24, 2.45) is 11.8 Å².